The second kappa shape index (κ2) is 38.2. The molecule has 53 heavy (non-hydrogen) atoms. The van der Waals surface area contributed by atoms with Crippen LogP contribution in [0.2, 0.25) is 0 Å². The average Bonchev–Trinajstić information content (AvgIpc) is 3.64. The normalized spacial score (nSPS) is 13.5. The molecule has 2 heterocycles. The third kappa shape index (κ3) is 31.9. The first kappa shape index (κ1) is 47.0. The van der Waals surface area contributed by atoms with E-state index in [4.69, 9.17) is 62.4 Å². The third-order valence-electron chi connectivity index (χ3n) is 7.18. The lowest BCUT2D eigenvalue weighted by Crippen LogP contribution is -2.44. The number of aromatic nitrogens is 3. The van der Waals surface area contributed by atoms with Gasteiger partial charge in [-0.05, 0) is 5.53 Å². The number of rotatable bonds is 41. The summed E-state index contributed by atoms with van der Waals surface area (Å²) >= 11 is 0. The van der Waals surface area contributed by atoms with Crippen molar-refractivity contribution in [3.63, 3.8) is 0 Å². The predicted molar refractivity (Wildman–Crippen MR) is 192 cm³/mol. The third-order valence-corrected chi connectivity index (χ3v) is 7.18. The van der Waals surface area contributed by atoms with Crippen molar-refractivity contribution >= 4 is 0 Å². The number of hydrogen-bond acceptors (Lipinski definition) is 17. The van der Waals surface area contributed by atoms with Crippen LogP contribution in [0.25, 0.3) is 10.4 Å². The Balaban J connectivity index is 1.16. The number of nitrogens with one attached hydrogen (secondary N) is 1. The Bertz CT molecular complexity index is 961. The van der Waals surface area contributed by atoms with Crippen molar-refractivity contribution in [1.29, 1.82) is 0 Å². The van der Waals surface area contributed by atoms with Crippen LogP contribution in [0.5, 0.6) is 0 Å². The molecule has 1 aromatic rings. The molecule has 0 radical (unpaired) electrons. The molecule has 0 aromatic carbocycles. The van der Waals surface area contributed by atoms with Crippen molar-refractivity contribution in [1.82, 2.24) is 25.2 Å². The number of nitrogens with zero attached hydrogens (tertiary/aromatic N) is 7. The van der Waals surface area contributed by atoms with Crippen LogP contribution in [-0.4, -0.2) is 211 Å². The molecule has 20 nitrogen and oxygen atoms in total. The zero-order valence-corrected chi connectivity index (χ0v) is 31.5. The highest BCUT2D eigenvalue weighted by atomic mass is 16.6. The Morgan fingerprint density at radius 3 is 1.32 bits per heavy atom. The van der Waals surface area contributed by atoms with Crippen LogP contribution in [-0.2, 0) is 70.0 Å². The molecule has 0 spiro atoms. The fraction of sp³-hybridized carbons (Fsp3) is 0.939. The lowest BCUT2D eigenvalue weighted by Gasteiger charge is -2.26. The highest BCUT2D eigenvalue weighted by molar-refractivity contribution is 4.89. The van der Waals surface area contributed by atoms with Gasteiger partial charge in [-0.15, -0.1) is 5.10 Å². The SMILES string of the molecule is [N-]=[N+]=NCCOCCOCCOCCOCCOCCOCCOCCOCCOCCOCCOCCn1cc(COCCN2CCNCC2)nn1. The molecule has 0 unspecified atom stereocenters. The Kier molecular flexibility index (Phi) is 33.9. The van der Waals surface area contributed by atoms with Gasteiger partial charge in [-0.25, -0.2) is 4.68 Å². The van der Waals surface area contributed by atoms with E-state index in [1.807, 2.05) is 6.20 Å². The monoisotopic (exact) mass is 764 g/mol. The molecule has 2 rings (SSSR count). The van der Waals surface area contributed by atoms with Crippen LogP contribution in [0.3, 0.4) is 0 Å². The molecule has 20 heteroatoms. The van der Waals surface area contributed by atoms with Gasteiger partial charge >= 0.3 is 0 Å². The minimum absolute atomic E-state index is 0.326. The van der Waals surface area contributed by atoms with Gasteiger partial charge in [-0.3, -0.25) is 4.90 Å². The van der Waals surface area contributed by atoms with Crippen LogP contribution in [0.1, 0.15) is 5.69 Å². The van der Waals surface area contributed by atoms with Crippen LogP contribution in [0, 0.1) is 0 Å². The van der Waals surface area contributed by atoms with E-state index in [2.05, 4.69) is 30.6 Å². The van der Waals surface area contributed by atoms with Crippen molar-refractivity contribution in [3.8, 4) is 0 Å². The summed E-state index contributed by atoms with van der Waals surface area (Å²) in [5.41, 5.74) is 8.97. The highest BCUT2D eigenvalue weighted by Gasteiger charge is 2.09. The number of piperazine rings is 1. The van der Waals surface area contributed by atoms with Gasteiger partial charge in [0.2, 0.25) is 0 Å². The number of azide groups is 1. The van der Waals surface area contributed by atoms with Gasteiger partial charge in [0.25, 0.3) is 0 Å². The van der Waals surface area contributed by atoms with Gasteiger partial charge in [-0.1, -0.05) is 10.3 Å². The fourth-order valence-corrected chi connectivity index (χ4v) is 4.43. The second-order valence-corrected chi connectivity index (χ2v) is 11.3. The smallest absolute Gasteiger partial charge is 0.108 e. The maximum Gasteiger partial charge on any atom is 0.108 e. The second-order valence-electron chi connectivity index (χ2n) is 11.3. The van der Waals surface area contributed by atoms with E-state index in [0.717, 1.165) is 38.4 Å². The van der Waals surface area contributed by atoms with Crippen molar-refractivity contribution < 1.29 is 56.8 Å². The lowest BCUT2D eigenvalue weighted by atomic mass is 10.4. The van der Waals surface area contributed by atoms with Crippen molar-refractivity contribution in [2.45, 2.75) is 13.2 Å². The largest absolute Gasteiger partial charge is 0.379 e. The van der Waals surface area contributed by atoms with Gasteiger partial charge in [-0.2, -0.15) is 0 Å². The van der Waals surface area contributed by atoms with E-state index in [-0.39, 0.29) is 0 Å². The van der Waals surface area contributed by atoms with Gasteiger partial charge in [0, 0.05) is 44.2 Å². The summed E-state index contributed by atoms with van der Waals surface area (Å²) in [5, 5.41) is 15.0. The summed E-state index contributed by atoms with van der Waals surface area (Å²) in [7, 11) is 0. The van der Waals surface area contributed by atoms with E-state index in [1.54, 1.807) is 4.68 Å². The zero-order valence-electron chi connectivity index (χ0n) is 31.5. The Labute approximate surface area is 313 Å². The minimum atomic E-state index is 0.326. The van der Waals surface area contributed by atoms with Gasteiger partial charge in [0.05, 0.1) is 171 Å². The molecule has 0 bridgehead atoms. The standard InChI is InChI=1S/C33H64N8O12/c34-38-36-3-8-42-11-13-44-15-17-46-19-21-48-23-25-50-27-29-52-30-28-51-26-24-49-22-20-47-18-16-45-14-12-43-10-7-41-31-33(37-39-41)32-53-9-6-40-4-1-35-2-5-40/h31,35H,1-30,32H2. The molecule has 1 N–H and O–H groups in total. The van der Waals surface area contributed by atoms with Gasteiger partial charge in [0.1, 0.15) is 5.69 Å². The Morgan fingerprint density at radius 1 is 0.528 bits per heavy atom. The number of hydrogen-bond donors (Lipinski definition) is 1. The van der Waals surface area contributed by atoms with Gasteiger partial charge in [0.15, 0.2) is 0 Å². The highest BCUT2D eigenvalue weighted by Crippen LogP contribution is 1.98. The maximum atomic E-state index is 8.15. The molecule has 0 amide bonds. The zero-order chi connectivity index (χ0) is 37.4. The molecular weight excluding hydrogens is 700 g/mol. The fourth-order valence-electron chi connectivity index (χ4n) is 4.43. The summed E-state index contributed by atoms with van der Waals surface area (Å²) in [4.78, 5) is 5.05. The lowest BCUT2D eigenvalue weighted by molar-refractivity contribution is -0.0275. The van der Waals surface area contributed by atoms with Crippen LogP contribution >= 0.6 is 0 Å². The molecule has 0 saturated carbocycles. The molecule has 1 aromatic heterocycles. The Morgan fingerprint density at radius 2 is 0.906 bits per heavy atom. The van der Waals surface area contributed by atoms with Crippen molar-refractivity contribution in [2.75, 3.05) is 191 Å². The number of ether oxygens (including phenoxy) is 12. The molecule has 1 fully saturated rings. The van der Waals surface area contributed by atoms with Crippen LogP contribution in [0.4, 0.5) is 0 Å². The van der Waals surface area contributed by atoms with Crippen molar-refractivity contribution in [3.05, 3.63) is 22.3 Å². The van der Waals surface area contributed by atoms with E-state index < -0.39 is 0 Å². The maximum absolute atomic E-state index is 8.15. The van der Waals surface area contributed by atoms with Gasteiger partial charge < -0.3 is 62.2 Å². The first-order valence-electron chi connectivity index (χ1n) is 18.6. The molecule has 0 atom stereocenters. The van der Waals surface area contributed by atoms with Crippen LogP contribution < -0.4 is 5.32 Å². The summed E-state index contributed by atoms with van der Waals surface area (Å²) in [6, 6.07) is 0. The molecule has 1 aliphatic heterocycles. The first-order chi connectivity index (χ1) is 26.4. The van der Waals surface area contributed by atoms with E-state index in [0.29, 0.717) is 172 Å². The molecule has 0 aliphatic carbocycles. The minimum Gasteiger partial charge on any atom is -0.379 e. The van der Waals surface area contributed by atoms with Crippen molar-refractivity contribution in [2.24, 2.45) is 5.11 Å². The topological polar surface area (TPSA) is 206 Å². The molecular formula is C33H64N8O12. The molecule has 1 saturated heterocycles. The summed E-state index contributed by atoms with van der Waals surface area (Å²) in [6.07, 6.45) is 1.90. The van der Waals surface area contributed by atoms with Crippen LogP contribution in [0.15, 0.2) is 11.3 Å². The quantitative estimate of drug-likeness (QED) is 0.0409. The first-order valence-corrected chi connectivity index (χ1v) is 18.6. The van der Waals surface area contributed by atoms with E-state index in [9.17, 15) is 0 Å². The molecule has 1 aliphatic rings. The van der Waals surface area contributed by atoms with E-state index in [1.165, 1.54) is 0 Å². The average molecular weight is 765 g/mol. The molecule has 308 valence electrons. The predicted octanol–water partition coefficient (Wildman–Crippen LogP) is 0.193. The van der Waals surface area contributed by atoms with E-state index >= 15 is 0 Å². The summed E-state index contributed by atoms with van der Waals surface area (Å²) in [6.45, 7) is 18.1. The summed E-state index contributed by atoms with van der Waals surface area (Å²) in [5.74, 6) is 0. The summed E-state index contributed by atoms with van der Waals surface area (Å²) < 4.78 is 67.6. The Hall–Kier alpha value is -2.11.